The van der Waals surface area contributed by atoms with Gasteiger partial charge in [0.15, 0.2) is 0 Å². The van der Waals surface area contributed by atoms with Crippen LogP contribution in [0, 0.1) is 5.41 Å². The highest BCUT2D eigenvalue weighted by Crippen LogP contribution is 1.77. The number of hydrogen-bond acceptors (Lipinski definition) is 3. The molecule has 40 valence electrons. The molecule has 0 fully saturated rings. The van der Waals surface area contributed by atoms with Crippen molar-refractivity contribution in [2.24, 2.45) is 5.16 Å². The van der Waals surface area contributed by atoms with Gasteiger partial charge in [0.25, 0.3) is 0 Å². The zero-order valence-corrected chi connectivity index (χ0v) is 5.97. The van der Waals surface area contributed by atoms with Crippen molar-refractivity contribution in [3.05, 3.63) is 0 Å². The Balaban J connectivity index is 3.14. The van der Waals surface area contributed by atoms with Gasteiger partial charge in [-0.2, -0.15) is 0 Å². The molecule has 0 unspecified atom stereocenters. The molecule has 0 aliphatic carbocycles. The first kappa shape index (κ1) is 6.87. The Morgan fingerprint density at radius 2 is 2.57 bits per heavy atom. The van der Waals surface area contributed by atoms with Gasteiger partial charge in [-0.25, -0.2) is 0 Å². The molecule has 0 bridgehead atoms. The molecule has 0 heterocycles. The van der Waals surface area contributed by atoms with E-state index in [1.807, 2.05) is 22.6 Å². The maximum atomic E-state index is 6.66. The van der Waals surface area contributed by atoms with Crippen LogP contribution < -0.4 is 0 Å². The lowest BCUT2D eigenvalue weighted by atomic mass is 10.8. The molecule has 0 atom stereocenters. The van der Waals surface area contributed by atoms with Crippen molar-refractivity contribution in [1.82, 2.24) is 0 Å². The van der Waals surface area contributed by atoms with E-state index in [1.165, 1.54) is 11.1 Å². The molecule has 0 aromatic rings. The summed E-state index contributed by atoms with van der Waals surface area (Å²) in [6, 6.07) is 0. The predicted molar refractivity (Wildman–Crippen MR) is 37.0 cm³/mol. The average Bonchev–Trinajstić information content (AvgIpc) is 1.61. The largest absolute Gasteiger partial charge is 0.342 e. The Bertz CT molecular complexity index is 90.9. The molecule has 0 saturated carbocycles. The molecule has 0 aromatic carbocycles. The standard InChI is InChI=1S/C3H5IN2O/c1-3(5)7-6-2-4/h2,5H,1H3/b5-3?,6-2-. The minimum Gasteiger partial charge on any atom is -0.342 e. The summed E-state index contributed by atoms with van der Waals surface area (Å²) in [5.41, 5.74) is 0. The molecule has 0 rings (SSSR count). The number of halogens is 1. The van der Waals surface area contributed by atoms with Gasteiger partial charge in [-0.1, -0.05) is 5.16 Å². The fourth-order valence-corrected chi connectivity index (χ4v) is 0.213. The second kappa shape index (κ2) is 4.04. The first-order chi connectivity index (χ1) is 3.27. The molecule has 1 N–H and O–H groups in total. The smallest absolute Gasteiger partial charge is 0.214 e. The molecule has 0 aliphatic rings. The second-order valence-corrected chi connectivity index (χ2v) is 1.41. The van der Waals surface area contributed by atoms with E-state index in [9.17, 15) is 0 Å². The summed E-state index contributed by atoms with van der Waals surface area (Å²) < 4.78 is 1.45. The minimum atomic E-state index is 0.105. The molecule has 0 aromatic heterocycles. The minimum absolute atomic E-state index is 0.105. The lowest BCUT2D eigenvalue weighted by Crippen LogP contribution is -1.87. The van der Waals surface area contributed by atoms with Crippen molar-refractivity contribution >= 4 is 32.7 Å². The van der Waals surface area contributed by atoms with Crippen molar-refractivity contribution in [2.45, 2.75) is 6.92 Å². The van der Waals surface area contributed by atoms with Crippen LogP contribution in [0.5, 0.6) is 0 Å². The summed E-state index contributed by atoms with van der Waals surface area (Å²) in [5, 5.41) is 9.97. The third kappa shape index (κ3) is 5.87. The van der Waals surface area contributed by atoms with Gasteiger partial charge >= 0.3 is 0 Å². The Morgan fingerprint density at radius 1 is 2.00 bits per heavy atom. The van der Waals surface area contributed by atoms with Gasteiger partial charge in [0, 0.05) is 6.92 Å². The molecular weight excluding hydrogens is 207 g/mol. The van der Waals surface area contributed by atoms with Gasteiger partial charge in [-0.3, -0.25) is 5.41 Å². The molecular formula is C3H5IN2O. The summed E-state index contributed by atoms with van der Waals surface area (Å²) in [5.74, 6) is 0.105. The molecule has 0 amide bonds. The van der Waals surface area contributed by atoms with E-state index in [-0.39, 0.29) is 5.90 Å². The second-order valence-electron chi connectivity index (χ2n) is 0.850. The van der Waals surface area contributed by atoms with E-state index in [2.05, 4.69) is 9.99 Å². The molecule has 0 saturated heterocycles. The Hall–Kier alpha value is -0.130. The van der Waals surface area contributed by atoms with E-state index in [4.69, 9.17) is 5.41 Å². The maximum Gasteiger partial charge on any atom is 0.214 e. The summed E-state index contributed by atoms with van der Waals surface area (Å²) in [4.78, 5) is 4.34. The van der Waals surface area contributed by atoms with Gasteiger partial charge < -0.3 is 4.84 Å². The number of nitrogens with one attached hydrogen (secondary N) is 1. The van der Waals surface area contributed by atoms with E-state index in [1.54, 1.807) is 0 Å². The van der Waals surface area contributed by atoms with Crippen LogP contribution in [-0.2, 0) is 4.84 Å². The molecule has 0 aliphatic heterocycles. The molecule has 3 nitrogen and oxygen atoms in total. The van der Waals surface area contributed by atoms with E-state index in [0.29, 0.717) is 0 Å². The Morgan fingerprint density at radius 3 is 2.71 bits per heavy atom. The number of nitrogens with zero attached hydrogens (tertiary/aromatic N) is 1. The first-order valence-corrected chi connectivity index (χ1v) is 2.86. The molecule has 4 heteroatoms. The van der Waals surface area contributed by atoms with Crippen molar-refractivity contribution in [2.75, 3.05) is 0 Å². The quantitative estimate of drug-likeness (QED) is 0.303. The van der Waals surface area contributed by atoms with Crippen LogP contribution in [0.15, 0.2) is 5.16 Å². The summed E-state index contributed by atoms with van der Waals surface area (Å²) in [7, 11) is 0. The number of rotatable bonds is 1. The Kier molecular flexibility index (Phi) is 3.97. The van der Waals surface area contributed by atoms with Crippen LogP contribution in [0.2, 0.25) is 0 Å². The SMILES string of the molecule is CC(=N)O/N=C\I. The average molecular weight is 212 g/mol. The van der Waals surface area contributed by atoms with Crippen LogP contribution in [0.3, 0.4) is 0 Å². The summed E-state index contributed by atoms with van der Waals surface area (Å²) >= 11 is 1.91. The van der Waals surface area contributed by atoms with E-state index >= 15 is 0 Å². The maximum absolute atomic E-state index is 6.66. The highest BCUT2D eigenvalue weighted by molar-refractivity contribution is 14.1. The van der Waals surface area contributed by atoms with Gasteiger partial charge in [-0.05, 0) is 22.6 Å². The summed E-state index contributed by atoms with van der Waals surface area (Å²) in [6.45, 7) is 1.52. The van der Waals surface area contributed by atoms with Crippen LogP contribution in [0.25, 0.3) is 0 Å². The van der Waals surface area contributed by atoms with Crippen LogP contribution in [-0.4, -0.2) is 10.1 Å². The van der Waals surface area contributed by atoms with Crippen molar-refractivity contribution in [1.29, 1.82) is 5.41 Å². The lowest BCUT2D eigenvalue weighted by Gasteiger charge is -1.86. The first-order valence-electron chi connectivity index (χ1n) is 1.61. The zero-order valence-electron chi connectivity index (χ0n) is 3.81. The third-order valence-electron chi connectivity index (χ3n) is 0.229. The fraction of sp³-hybridized carbons (Fsp3) is 0.333. The van der Waals surface area contributed by atoms with Crippen LogP contribution in [0.1, 0.15) is 6.92 Å². The molecule has 0 spiro atoms. The molecule has 7 heavy (non-hydrogen) atoms. The molecule has 0 radical (unpaired) electrons. The number of hydrogen-bond donors (Lipinski definition) is 1. The topological polar surface area (TPSA) is 45.4 Å². The number of oxime groups is 1. The van der Waals surface area contributed by atoms with Gasteiger partial charge in [-0.15, -0.1) is 0 Å². The highest BCUT2D eigenvalue weighted by atomic mass is 127. The Labute approximate surface area is 55.4 Å². The monoisotopic (exact) mass is 212 g/mol. The van der Waals surface area contributed by atoms with Crippen LogP contribution in [0.4, 0.5) is 0 Å². The predicted octanol–water partition coefficient (Wildman–Crippen LogP) is 1.38. The zero-order chi connectivity index (χ0) is 5.70. The van der Waals surface area contributed by atoms with Crippen molar-refractivity contribution < 1.29 is 4.84 Å². The third-order valence-corrected chi connectivity index (χ3v) is 0.457. The van der Waals surface area contributed by atoms with Crippen LogP contribution >= 0.6 is 22.6 Å². The van der Waals surface area contributed by atoms with E-state index in [0.717, 1.165) is 0 Å². The van der Waals surface area contributed by atoms with Gasteiger partial charge in [0.05, 0.1) is 0 Å². The van der Waals surface area contributed by atoms with Crippen molar-refractivity contribution in [3.8, 4) is 0 Å². The fourth-order valence-electron chi connectivity index (χ4n) is 0.0990. The lowest BCUT2D eigenvalue weighted by molar-refractivity contribution is 0.326. The normalized spacial score (nSPS) is 9.43. The van der Waals surface area contributed by atoms with Gasteiger partial charge in [0.2, 0.25) is 5.90 Å². The van der Waals surface area contributed by atoms with Gasteiger partial charge in [0.1, 0.15) is 4.22 Å². The summed E-state index contributed by atoms with van der Waals surface area (Å²) in [6.07, 6.45) is 0. The van der Waals surface area contributed by atoms with Crippen molar-refractivity contribution in [3.63, 3.8) is 0 Å². The highest BCUT2D eigenvalue weighted by Gasteiger charge is 1.76. The van der Waals surface area contributed by atoms with E-state index < -0.39 is 0 Å².